The summed E-state index contributed by atoms with van der Waals surface area (Å²) in [6, 6.07) is 9.23. The lowest BCUT2D eigenvalue weighted by Crippen LogP contribution is -2.37. The zero-order valence-electron chi connectivity index (χ0n) is 15.5. The number of halogens is 1. The molecule has 0 heterocycles. The second kappa shape index (κ2) is 9.32. The molecule has 0 spiro atoms. The predicted molar refractivity (Wildman–Crippen MR) is 103 cm³/mol. The Bertz CT molecular complexity index is 888. The van der Waals surface area contributed by atoms with Gasteiger partial charge in [0.1, 0.15) is 5.82 Å². The van der Waals surface area contributed by atoms with E-state index >= 15 is 0 Å². The van der Waals surface area contributed by atoms with E-state index in [2.05, 4.69) is 5.32 Å². The van der Waals surface area contributed by atoms with Crippen molar-refractivity contribution in [2.75, 3.05) is 6.26 Å². The number of esters is 1. The van der Waals surface area contributed by atoms with E-state index in [4.69, 9.17) is 4.74 Å². The molecule has 1 amide bonds. The quantitative estimate of drug-likeness (QED) is 0.324. The van der Waals surface area contributed by atoms with E-state index in [-0.39, 0.29) is 17.1 Å². The molecule has 0 unspecified atom stereocenters. The summed E-state index contributed by atoms with van der Waals surface area (Å²) in [5.41, 5.74) is 0.469. The van der Waals surface area contributed by atoms with Gasteiger partial charge in [-0.25, -0.2) is 9.18 Å². The third-order valence-corrected chi connectivity index (χ3v) is 4.78. The molecule has 148 valence electrons. The highest BCUT2D eigenvalue weighted by molar-refractivity contribution is 7.98. The van der Waals surface area contributed by atoms with Crippen LogP contribution in [-0.2, 0) is 9.53 Å². The summed E-state index contributed by atoms with van der Waals surface area (Å²) in [4.78, 5) is 35.5. The Morgan fingerprint density at radius 1 is 1.18 bits per heavy atom. The number of nitrogens with zero attached hydrogens (tertiary/aromatic N) is 1. The molecule has 0 aliphatic heterocycles. The van der Waals surface area contributed by atoms with Crippen LogP contribution in [0.25, 0.3) is 0 Å². The maximum absolute atomic E-state index is 13.0. The van der Waals surface area contributed by atoms with Gasteiger partial charge in [-0.1, -0.05) is 12.1 Å². The third kappa shape index (κ3) is 5.29. The largest absolute Gasteiger partial charge is 0.449 e. The van der Waals surface area contributed by atoms with E-state index in [1.165, 1.54) is 43.0 Å². The van der Waals surface area contributed by atoms with Crippen LogP contribution in [0.5, 0.6) is 0 Å². The van der Waals surface area contributed by atoms with Gasteiger partial charge in [-0.2, -0.15) is 0 Å². The maximum atomic E-state index is 13.0. The van der Waals surface area contributed by atoms with Crippen LogP contribution in [0.2, 0.25) is 0 Å². The minimum atomic E-state index is -1.12. The second-order valence-electron chi connectivity index (χ2n) is 5.97. The fourth-order valence-electron chi connectivity index (χ4n) is 2.41. The van der Waals surface area contributed by atoms with Gasteiger partial charge in [0.2, 0.25) is 0 Å². The fourth-order valence-corrected chi connectivity index (χ4v) is 2.95. The molecule has 1 N–H and O–H groups in total. The van der Waals surface area contributed by atoms with Crippen molar-refractivity contribution < 1.29 is 23.6 Å². The molecule has 0 aliphatic rings. The fraction of sp³-hybridized carbons (Fsp3) is 0.263. The number of hydrogen-bond donors (Lipinski definition) is 1. The Labute approximate surface area is 165 Å². The van der Waals surface area contributed by atoms with Crippen molar-refractivity contribution in [1.29, 1.82) is 0 Å². The van der Waals surface area contributed by atoms with Crippen molar-refractivity contribution in [2.24, 2.45) is 0 Å². The molecule has 2 atom stereocenters. The lowest BCUT2D eigenvalue weighted by atomic mass is 10.1. The number of nitro groups is 1. The van der Waals surface area contributed by atoms with Crippen LogP contribution < -0.4 is 5.32 Å². The number of benzene rings is 2. The van der Waals surface area contributed by atoms with Gasteiger partial charge in [-0.15, -0.1) is 11.8 Å². The van der Waals surface area contributed by atoms with E-state index in [0.717, 1.165) is 6.07 Å². The monoisotopic (exact) mass is 406 g/mol. The number of rotatable bonds is 7. The summed E-state index contributed by atoms with van der Waals surface area (Å²) in [5.74, 6) is -1.76. The first-order chi connectivity index (χ1) is 13.2. The van der Waals surface area contributed by atoms with Crippen LogP contribution in [0.1, 0.15) is 35.8 Å². The van der Waals surface area contributed by atoms with E-state index in [1.807, 2.05) is 0 Å². The van der Waals surface area contributed by atoms with E-state index in [1.54, 1.807) is 25.3 Å². The smallest absolute Gasteiger partial charge is 0.339 e. The van der Waals surface area contributed by atoms with Gasteiger partial charge in [0.25, 0.3) is 11.6 Å². The lowest BCUT2D eigenvalue weighted by Gasteiger charge is -2.18. The molecule has 7 nitrogen and oxygen atoms in total. The summed E-state index contributed by atoms with van der Waals surface area (Å²) in [7, 11) is 0. The Hall–Kier alpha value is -2.94. The van der Waals surface area contributed by atoms with Gasteiger partial charge < -0.3 is 10.1 Å². The minimum Gasteiger partial charge on any atom is -0.449 e. The number of ether oxygens (including phenoxy) is 1. The first kappa shape index (κ1) is 21.4. The summed E-state index contributed by atoms with van der Waals surface area (Å²) in [6.45, 7) is 3.11. The van der Waals surface area contributed by atoms with Gasteiger partial charge >= 0.3 is 5.97 Å². The van der Waals surface area contributed by atoms with Crippen LogP contribution in [-0.4, -0.2) is 29.2 Å². The summed E-state index contributed by atoms with van der Waals surface area (Å²) in [5, 5.41) is 13.8. The van der Waals surface area contributed by atoms with Crippen LogP contribution in [0.4, 0.5) is 10.1 Å². The molecular weight excluding hydrogens is 387 g/mol. The molecule has 0 aromatic heterocycles. The normalized spacial score (nSPS) is 12.7. The van der Waals surface area contributed by atoms with E-state index in [9.17, 15) is 24.1 Å². The standard InChI is InChI=1S/C19H19FN2O5S/c1-11(13-4-7-15(20)8-5-13)21-18(23)12(2)27-19(24)14-6-9-17(28-3)16(10-14)22(25)26/h4-12H,1-3H3,(H,21,23)/t11-,12-/m0/s1. The molecule has 0 radical (unpaired) electrons. The van der Waals surface area contributed by atoms with Gasteiger partial charge in [0.15, 0.2) is 6.10 Å². The van der Waals surface area contributed by atoms with Crippen molar-refractivity contribution in [3.63, 3.8) is 0 Å². The molecular formula is C19H19FN2O5S. The zero-order valence-corrected chi connectivity index (χ0v) is 16.3. The molecule has 0 bridgehead atoms. The van der Waals surface area contributed by atoms with Crippen molar-refractivity contribution in [2.45, 2.75) is 30.9 Å². The van der Waals surface area contributed by atoms with Gasteiger partial charge in [0.05, 0.1) is 21.4 Å². The van der Waals surface area contributed by atoms with Gasteiger partial charge in [-0.3, -0.25) is 14.9 Å². The Morgan fingerprint density at radius 2 is 1.82 bits per heavy atom. The number of nitrogens with one attached hydrogen (secondary N) is 1. The van der Waals surface area contributed by atoms with Gasteiger partial charge in [0, 0.05) is 6.07 Å². The predicted octanol–water partition coefficient (Wildman–Crippen LogP) is 3.88. The first-order valence-corrected chi connectivity index (χ1v) is 9.54. The molecule has 2 aromatic rings. The number of carbonyl (C=O) groups is 2. The lowest BCUT2D eigenvalue weighted by molar-refractivity contribution is -0.387. The van der Waals surface area contributed by atoms with Crippen molar-refractivity contribution in [3.05, 3.63) is 69.5 Å². The van der Waals surface area contributed by atoms with Gasteiger partial charge in [-0.05, 0) is 49.9 Å². The molecule has 0 fully saturated rings. The van der Waals surface area contributed by atoms with Crippen molar-refractivity contribution >= 4 is 29.3 Å². The van der Waals surface area contributed by atoms with E-state index in [0.29, 0.717) is 10.5 Å². The second-order valence-corrected chi connectivity index (χ2v) is 6.82. The number of carbonyl (C=O) groups excluding carboxylic acids is 2. The zero-order chi connectivity index (χ0) is 20.8. The van der Waals surface area contributed by atoms with E-state index < -0.39 is 28.9 Å². The molecule has 2 aromatic carbocycles. The highest BCUT2D eigenvalue weighted by atomic mass is 32.2. The van der Waals surface area contributed by atoms with Crippen LogP contribution in [0.15, 0.2) is 47.4 Å². The maximum Gasteiger partial charge on any atom is 0.339 e. The Kier molecular flexibility index (Phi) is 7.11. The van der Waals surface area contributed by atoms with Crippen molar-refractivity contribution in [3.8, 4) is 0 Å². The average Bonchev–Trinajstić information content (AvgIpc) is 2.67. The number of hydrogen-bond acceptors (Lipinski definition) is 6. The molecule has 0 saturated heterocycles. The van der Waals surface area contributed by atoms with Crippen LogP contribution >= 0.6 is 11.8 Å². The third-order valence-electron chi connectivity index (χ3n) is 3.99. The topological polar surface area (TPSA) is 98.5 Å². The van der Waals surface area contributed by atoms with Crippen LogP contribution in [0.3, 0.4) is 0 Å². The average molecular weight is 406 g/mol. The summed E-state index contributed by atoms with van der Waals surface area (Å²) >= 11 is 1.19. The number of thioether (sulfide) groups is 1. The molecule has 0 saturated carbocycles. The summed E-state index contributed by atoms with van der Waals surface area (Å²) in [6.07, 6.45) is 0.573. The Balaban J connectivity index is 2.03. The van der Waals surface area contributed by atoms with Crippen molar-refractivity contribution in [1.82, 2.24) is 5.32 Å². The number of amides is 1. The SMILES string of the molecule is CSc1ccc(C(=O)O[C@@H](C)C(=O)N[C@@H](C)c2ccc(F)cc2)cc1[N+](=O)[O-]. The molecule has 0 aliphatic carbocycles. The summed E-state index contributed by atoms with van der Waals surface area (Å²) < 4.78 is 18.1. The molecule has 9 heteroatoms. The highest BCUT2D eigenvalue weighted by Crippen LogP contribution is 2.28. The number of nitro benzene ring substituents is 1. The highest BCUT2D eigenvalue weighted by Gasteiger charge is 2.23. The Morgan fingerprint density at radius 3 is 2.39 bits per heavy atom. The first-order valence-electron chi connectivity index (χ1n) is 8.32. The van der Waals surface area contributed by atoms with Crippen LogP contribution in [0, 0.1) is 15.9 Å². The molecule has 2 rings (SSSR count). The minimum absolute atomic E-state index is 0.0178. The molecule has 28 heavy (non-hydrogen) atoms.